The number of esters is 1. The predicted molar refractivity (Wildman–Crippen MR) is 117 cm³/mol. The number of carbonyl (C=O) groups is 1. The third-order valence-electron chi connectivity index (χ3n) is 4.95. The Balaban J connectivity index is 1.77. The minimum Gasteiger partial charge on any atom is -0.468 e. The molecular formula is C20H27N4O8P. The Morgan fingerprint density at radius 1 is 1.33 bits per heavy atom. The van der Waals surface area contributed by atoms with Crippen LogP contribution >= 0.6 is 7.75 Å². The zero-order valence-electron chi connectivity index (χ0n) is 18.4. The van der Waals surface area contributed by atoms with Crippen LogP contribution in [0.3, 0.4) is 0 Å². The number of anilines is 1. The first-order valence-corrected chi connectivity index (χ1v) is 11.7. The first kappa shape index (κ1) is 24.9. The molecule has 2 aromatic rings. The second kappa shape index (κ2) is 10.4. The van der Waals surface area contributed by atoms with Crippen molar-refractivity contribution in [2.75, 3.05) is 12.8 Å². The Morgan fingerprint density at radius 3 is 2.67 bits per heavy atom. The molecular weight excluding hydrogens is 455 g/mol. The van der Waals surface area contributed by atoms with Gasteiger partial charge in [-0.1, -0.05) is 18.2 Å². The third kappa shape index (κ3) is 6.18. The molecule has 12 nitrogen and oxygen atoms in total. The van der Waals surface area contributed by atoms with Gasteiger partial charge in [0, 0.05) is 12.6 Å². The molecule has 1 saturated heterocycles. The summed E-state index contributed by atoms with van der Waals surface area (Å²) in [5.74, 6) is -0.366. The number of nitrogens with two attached hydrogens (primary N) is 1. The van der Waals surface area contributed by atoms with Gasteiger partial charge in [0.1, 0.15) is 23.7 Å². The Bertz CT molecular complexity index is 1070. The highest BCUT2D eigenvalue weighted by atomic mass is 31.2. The highest BCUT2D eigenvalue weighted by Crippen LogP contribution is 2.47. The average molecular weight is 482 g/mol. The third-order valence-corrected chi connectivity index (χ3v) is 6.71. The van der Waals surface area contributed by atoms with Crippen molar-refractivity contribution < 1.29 is 33.0 Å². The highest BCUT2D eigenvalue weighted by molar-refractivity contribution is 7.52. The lowest BCUT2D eigenvalue weighted by atomic mass is 10.1. The largest absolute Gasteiger partial charge is 0.468 e. The van der Waals surface area contributed by atoms with Crippen LogP contribution in [0.15, 0.2) is 47.4 Å². The molecule has 0 amide bonds. The molecule has 1 aliphatic heterocycles. The number of aliphatic hydroxyl groups is 1. The summed E-state index contributed by atoms with van der Waals surface area (Å²) in [4.78, 5) is 27.6. The zero-order chi connectivity index (χ0) is 24.2. The summed E-state index contributed by atoms with van der Waals surface area (Å²) >= 11 is 0. The fourth-order valence-electron chi connectivity index (χ4n) is 3.30. The van der Waals surface area contributed by atoms with Crippen LogP contribution in [0.1, 0.15) is 26.5 Å². The van der Waals surface area contributed by atoms with Crippen molar-refractivity contribution in [3.05, 3.63) is 53.1 Å². The van der Waals surface area contributed by atoms with Crippen LogP contribution < -0.4 is 21.0 Å². The first-order chi connectivity index (χ1) is 15.6. The summed E-state index contributed by atoms with van der Waals surface area (Å²) in [6.07, 6.45) is -2.25. The van der Waals surface area contributed by atoms with E-state index in [1.54, 1.807) is 37.3 Å². The zero-order valence-corrected chi connectivity index (χ0v) is 19.3. The van der Waals surface area contributed by atoms with Crippen molar-refractivity contribution in [3.63, 3.8) is 0 Å². The number of para-hydroxylation sites is 1. The minimum absolute atomic E-state index is 0.0433. The lowest BCUT2D eigenvalue weighted by Gasteiger charge is -2.27. The second-order valence-corrected chi connectivity index (χ2v) is 9.14. The van der Waals surface area contributed by atoms with Gasteiger partial charge in [-0.05, 0) is 32.0 Å². The van der Waals surface area contributed by atoms with Gasteiger partial charge in [-0.25, -0.2) is 9.36 Å². The van der Waals surface area contributed by atoms with Gasteiger partial charge in [-0.15, -0.1) is 0 Å². The molecule has 4 N–H and O–H groups in total. The van der Waals surface area contributed by atoms with Gasteiger partial charge in [-0.2, -0.15) is 10.1 Å². The number of carbonyl (C=O) groups excluding carboxylic acids is 1. The van der Waals surface area contributed by atoms with Gasteiger partial charge in [0.05, 0.1) is 19.3 Å². The molecule has 1 aromatic carbocycles. The van der Waals surface area contributed by atoms with Crippen LogP contribution in [0.5, 0.6) is 5.75 Å². The first-order valence-electron chi connectivity index (χ1n) is 10.2. The number of ether oxygens (including phenoxy) is 2. The molecule has 0 spiro atoms. The van der Waals surface area contributed by atoms with Crippen LogP contribution in [-0.4, -0.2) is 52.1 Å². The molecule has 2 heterocycles. The monoisotopic (exact) mass is 482 g/mol. The van der Waals surface area contributed by atoms with E-state index in [0.29, 0.717) is 0 Å². The summed E-state index contributed by atoms with van der Waals surface area (Å²) in [6, 6.07) is 8.70. The van der Waals surface area contributed by atoms with E-state index >= 15 is 0 Å². The van der Waals surface area contributed by atoms with E-state index in [1.807, 2.05) is 0 Å². The number of nitrogen functional groups attached to an aromatic ring is 1. The van der Waals surface area contributed by atoms with E-state index in [4.69, 9.17) is 19.5 Å². The number of aromatic nitrogens is 2. The van der Waals surface area contributed by atoms with Crippen molar-refractivity contribution in [1.29, 1.82) is 0 Å². The second-order valence-electron chi connectivity index (χ2n) is 7.50. The van der Waals surface area contributed by atoms with Crippen LogP contribution in [0.2, 0.25) is 0 Å². The molecule has 3 rings (SSSR count). The Kier molecular flexibility index (Phi) is 7.88. The van der Waals surface area contributed by atoms with E-state index in [1.165, 1.54) is 26.3 Å². The molecule has 0 saturated carbocycles. The Morgan fingerprint density at radius 2 is 2.03 bits per heavy atom. The number of nitrogens with one attached hydrogen (secondary N) is 1. The number of nitrogens with zero attached hydrogens (tertiary/aromatic N) is 2. The van der Waals surface area contributed by atoms with Gasteiger partial charge >= 0.3 is 19.4 Å². The maximum absolute atomic E-state index is 13.5. The molecule has 0 unspecified atom stereocenters. The van der Waals surface area contributed by atoms with E-state index < -0.39 is 50.0 Å². The standard InChI is InChI=1S/C20H27N4O8P/c1-12(19(26)29-3)23-33(28,32-14-7-5-4-6-8-14)31-13(2)16-11-15(25)18(30-16)24-10-9-17(21)22-20(24)27/h4-10,12-13,15-16,18,25H,11H2,1-3H3,(H,23,28)(H2,21,22,27)/t12-,13+,15-,16+,18-,33-/m1/s1. The summed E-state index contributed by atoms with van der Waals surface area (Å²) in [7, 11) is -2.91. The van der Waals surface area contributed by atoms with E-state index in [9.17, 15) is 19.3 Å². The topological polar surface area (TPSA) is 164 Å². The summed E-state index contributed by atoms with van der Waals surface area (Å²) in [5.41, 5.74) is 4.83. The molecule has 0 aliphatic carbocycles. The summed E-state index contributed by atoms with van der Waals surface area (Å²) in [6.45, 7) is 3.03. The number of methoxy groups -OCH3 is 1. The molecule has 33 heavy (non-hydrogen) atoms. The van der Waals surface area contributed by atoms with E-state index in [2.05, 4.69) is 14.8 Å². The van der Waals surface area contributed by atoms with Crippen LogP contribution in [0, 0.1) is 0 Å². The fraction of sp³-hybridized carbons (Fsp3) is 0.450. The normalized spacial score (nSPS) is 23.9. The molecule has 1 aromatic heterocycles. The van der Waals surface area contributed by atoms with Gasteiger partial charge in [0.25, 0.3) is 0 Å². The van der Waals surface area contributed by atoms with Crippen molar-refractivity contribution in [1.82, 2.24) is 14.6 Å². The number of benzene rings is 1. The van der Waals surface area contributed by atoms with Crippen molar-refractivity contribution in [3.8, 4) is 5.75 Å². The molecule has 0 radical (unpaired) electrons. The molecule has 13 heteroatoms. The number of hydrogen-bond acceptors (Lipinski definition) is 10. The summed E-state index contributed by atoms with van der Waals surface area (Å²) < 4.78 is 36.5. The highest BCUT2D eigenvalue weighted by Gasteiger charge is 2.42. The van der Waals surface area contributed by atoms with Crippen LogP contribution in [-0.2, 0) is 23.4 Å². The maximum atomic E-state index is 13.5. The lowest BCUT2D eigenvalue weighted by Crippen LogP contribution is -2.37. The number of aliphatic hydroxyl groups excluding tert-OH is 1. The fourth-order valence-corrected chi connectivity index (χ4v) is 5.01. The SMILES string of the molecule is COC(=O)[C@@H](C)N[P@](=O)(Oc1ccccc1)O[C@@H](C)[C@@H]1C[C@@H](O)[C@H](n2ccc(N)nc2=O)O1. The van der Waals surface area contributed by atoms with Crippen LogP contribution in [0.25, 0.3) is 0 Å². The smallest absolute Gasteiger partial charge is 0.459 e. The molecule has 1 aliphatic rings. The van der Waals surface area contributed by atoms with E-state index in [-0.39, 0.29) is 18.0 Å². The summed E-state index contributed by atoms with van der Waals surface area (Å²) in [5, 5.41) is 13.0. The van der Waals surface area contributed by atoms with Gasteiger partial charge in [0.15, 0.2) is 6.23 Å². The van der Waals surface area contributed by atoms with Gasteiger partial charge in [-0.3, -0.25) is 13.9 Å². The molecule has 0 bridgehead atoms. The van der Waals surface area contributed by atoms with Crippen molar-refractivity contribution in [2.45, 2.75) is 50.8 Å². The van der Waals surface area contributed by atoms with Gasteiger partial charge in [0.2, 0.25) is 0 Å². The number of hydrogen-bond donors (Lipinski definition) is 3. The Labute approximate surface area is 190 Å². The minimum atomic E-state index is -4.11. The quantitative estimate of drug-likeness (QED) is 0.348. The van der Waals surface area contributed by atoms with E-state index in [0.717, 1.165) is 4.57 Å². The number of rotatable bonds is 9. The average Bonchev–Trinajstić information content (AvgIpc) is 3.15. The lowest BCUT2D eigenvalue weighted by molar-refractivity contribution is -0.142. The van der Waals surface area contributed by atoms with Crippen molar-refractivity contribution >= 4 is 19.5 Å². The predicted octanol–water partition coefficient (Wildman–Crippen LogP) is 1.22. The maximum Gasteiger partial charge on any atom is 0.459 e. The van der Waals surface area contributed by atoms with Crippen LogP contribution in [0.4, 0.5) is 5.82 Å². The van der Waals surface area contributed by atoms with Gasteiger partial charge < -0.3 is 24.8 Å². The van der Waals surface area contributed by atoms with Crippen molar-refractivity contribution in [2.24, 2.45) is 0 Å². The Hall–Kier alpha value is -2.76. The molecule has 1 fully saturated rings. The molecule has 180 valence electrons. The molecule has 6 atom stereocenters.